The van der Waals surface area contributed by atoms with E-state index in [2.05, 4.69) is 46.9 Å². The van der Waals surface area contributed by atoms with Crippen molar-refractivity contribution < 1.29 is 43.2 Å². The number of Topliss-reactive ketones (excluding diaryl/α,β-unsaturated/α-hetero) is 2. The number of unbranched alkanes of at least 4 members (excludes halogenated alkanes) is 2. The Kier molecular flexibility index (Phi) is 24.4. The second-order valence-corrected chi connectivity index (χ2v) is 17.2. The molecule has 22 nitrogen and oxygen atoms in total. The topological polar surface area (TPSA) is 371 Å². The molecule has 0 bridgehead atoms. The van der Waals surface area contributed by atoms with Gasteiger partial charge in [-0.1, -0.05) is 50.1 Å². The number of ketones is 2. The molecule has 22 heteroatoms. The Morgan fingerprint density at radius 2 is 1.56 bits per heavy atom. The summed E-state index contributed by atoms with van der Waals surface area (Å²) in [6.07, 6.45) is 4.50. The third-order valence-corrected chi connectivity index (χ3v) is 11.6. The molecule has 7 amide bonds. The van der Waals surface area contributed by atoms with E-state index >= 15 is 0 Å². The zero-order valence-electron chi connectivity index (χ0n) is 39.2. The van der Waals surface area contributed by atoms with Crippen molar-refractivity contribution in [3.63, 3.8) is 0 Å². The highest BCUT2D eigenvalue weighted by atomic mass is 16.2. The lowest BCUT2D eigenvalue weighted by molar-refractivity contribution is -0.135. The molecule has 2 heterocycles. The van der Waals surface area contributed by atoms with Crippen LogP contribution in [0.25, 0.3) is 0 Å². The summed E-state index contributed by atoms with van der Waals surface area (Å²) in [6, 6.07) is 2.81. The van der Waals surface area contributed by atoms with Gasteiger partial charge in [-0.05, 0) is 69.9 Å². The summed E-state index contributed by atoms with van der Waals surface area (Å²) >= 11 is 0. The number of H-pyrrole nitrogens is 1. The minimum Gasteiger partial charge on any atom is -0.370 e. The number of benzene rings is 1. The highest BCUT2D eigenvalue weighted by Crippen LogP contribution is 2.23. The van der Waals surface area contributed by atoms with E-state index in [-0.39, 0.29) is 83.3 Å². The number of nitrogens with one attached hydrogen (secondary N) is 7. The van der Waals surface area contributed by atoms with Crippen LogP contribution in [0.1, 0.15) is 109 Å². The molecule has 0 spiro atoms. The fourth-order valence-corrected chi connectivity index (χ4v) is 7.79. The second kappa shape index (κ2) is 29.8. The lowest BCUT2D eigenvalue weighted by Gasteiger charge is -2.27. The maximum atomic E-state index is 14.6. The summed E-state index contributed by atoms with van der Waals surface area (Å²) in [4.78, 5) is 134. The predicted octanol–water partition coefficient (Wildman–Crippen LogP) is -1.05. The molecule has 0 unspecified atom stereocenters. The highest BCUT2D eigenvalue weighted by Gasteiger charge is 2.35. The molecule has 1 aliphatic heterocycles. The smallest absolute Gasteiger partial charge is 0.243 e. The summed E-state index contributed by atoms with van der Waals surface area (Å²) in [6.45, 7) is 3.54. The van der Waals surface area contributed by atoms with Gasteiger partial charge in [-0.25, -0.2) is 4.98 Å². The van der Waals surface area contributed by atoms with E-state index in [0.717, 1.165) is 0 Å². The summed E-state index contributed by atoms with van der Waals surface area (Å²) in [7, 11) is 0. The third kappa shape index (κ3) is 20.4. The van der Waals surface area contributed by atoms with Crippen molar-refractivity contribution in [2.75, 3.05) is 19.6 Å². The lowest BCUT2D eigenvalue weighted by atomic mass is 9.84. The molecular formula is C46H71N13O9. The molecule has 0 radical (unpaired) electrons. The highest BCUT2D eigenvalue weighted by molar-refractivity contribution is 5.98. The van der Waals surface area contributed by atoms with E-state index in [1.54, 1.807) is 30.3 Å². The maximum Gasteiger partial charge on any atom is 0.243 e. The number of imidazole rings is 1. The number of carbonyl (C=O) groups is 9. The average Bonchev–Trinajstić information content (AvgIpc) is 3.81. The van der Waals surface area contributed by atoms with Crippen LogP contribution in [0.15, 0.2) is 47.8 Å². The molecule has 1 fully saturated rings. The Balaban J connectivity index is 2.12. The summed E-state index contributed by atoms with van der Waals surface area (Å²) in [5.41, 5.74) is 23.5. The molecule has 0 aliphatic carbocycles. The van der Waals surface area contributed by atoms with Crippen LogP contribution in [0.2, 0.25) is 0 Å². The van der Waals surface area contributed by atoms with Crippen molar-refractivity contribution in [1.82, 2.24) is 41.9 Å². The summed E-state index contributed by atoms with van der Waals surface area (Å²) < 4.78 is 0. The van der Waals surface area contributed by atoms with E-state index < -0.39 is 101 Å². The molecule has 68 heavy (non-hydrogen) atoms. The summed E-state index contributed by atoms with van der Waals surface area (Å²) in [5.74, 6) is -8.02. The minimum absolute atomic E-state index is 0.00347. The number of aromatic amines is 1. The SMILES string of the molecule is CCCC[C@H](NC(C)=O)C(=O)N[C@H]1CCC(=O)NCC[C@@H](C(=O)N[C@@H](CCCCN)C(N)=O)CC(=O)[C@H](CCCN=C(N)N)CC(=O)[C@@H](Cc2ccccc2)NC(=O)[C@H](Cc2cnc[nH]2)NC1=O. The molecule has 3 rings (SSSR count). The normalized spacial score (nSPS) is 21.0. The number of hydrogen-bond donors (Lipinski definition) is 11. The fourth-order valence-electron chi connectivity index (χ4n) is 7.79. The average molecular weight is 950 g/mol. The number of aliphatic imine (C=N–C) groups is 1. The van der Waals surface area contributed by atoms with Gasteiger partial charge in [0.2, 0.25) is 41.4 Å². The molecule has 1 aliphatic rings. The van der Waals surface area contributed by atoms with Crippen molar-refractivity contribution in [3.8, 4) is 0 Å². The number of carbonyl (C=O) groups excluding carboxylic acids is 9. The number of guanidine groups is 1. The largest absolute Gasteiger partial charge is 0.370 e. The molecule has 1 saturated heterocycles. The van der Waals surface area contributed by atoms with Crippen molar-refractivity contribution in [2.45, 2.75) is 140 Å². The van der Waals surface area contributed by atoms with Gasteiger partial charge in [-0.2, -0.15) is 0 Å². The number of nitrogens with two attached hydrogens (primary N) is 4. The molecule has 1 aromatic carbocycles. The van der Waals surface area contributed by atoms with Gasteiger partial charge in [-0.15, -0.1) is 0 Å². The molecule has 15 N–H and O–H groups in total. The second-order valence-electron chi connectivity index (χ2n) is 17.2. The van der Waals surface area contributed by atoms with Crippen molar-refractivity contribution in [3.05, 3.63) is 54.1 Å². The van der Waals surface area contributed by atoms with Crippen molar-refractivity contribution >= 4 is 58.9 Å². The van der Waals surface area contributed by atoms with Crippen LogP contribution in [-0.2, 0) is 56.0 Å². The van der Waals surface area contributed by atoms with Gasteiger partial charge in [0.25, 0.3) is 0 Å². The Labute approximate surface area is 396 Å². The van der Waals surface area contributed by atoms with E-state index in [1.807, 2.05) is 6.92 Å². The van der Waals surface area contributed by atoms with Gasteiger partial charge in [-0.3, -0.25) is 48.1 Å². The van der Waals surface area contributed by atoms with Gasteiger partial charge in [0.05, 0.1) is 12.4 Å². The lowest BCUT2D eigenvalue weighted by Crippen LogP contribution is -2.58. The molecule has 2 aromatic rings. The number of nitrogens with zero attached hydrogens (tertiary/aromatic N) is 2. The quantitative estimate of drug-likeness (QED) is 0.0405. The molecule has 7 atom stereocenters. The monoisotopic (exact) mass is 950 g/mol. The standard InChI is InChI=1S/C46H71N13O9/c1-3-4-14-34(55-28(2)60)43(66)57-35-16-17-40(63)52-21-18-31(42(65)56-33(41(48)64)15-8-9-19-47)24-38(61)30(13-10-20-53-46(49)50)23-39(62)36(22-29-11-6-5-7-12-29)58-45(68)37(59-44(35)67)25-32-26-51-27-54-32/h5-7,11-12,26-27,30-31,33-37H,3-4,8-10,13-25,47H2,1-2H3,(H2,48,64)(H,51,54)(H,52,63)(H,55,60)(H,56,65)(H,57,66)(H,58,68)(H,59,67)(H4,49,50,53)/t30-,31-,33+,34+,35+,36-,37+/m1/s1. The van der Waals surface area contributed by atoms with E-state index in [1.165, 1.54) is 19.4 Å². The number of amides is 7. The Morgan fingerprint density at radius 3 is 2.21 bits per heavy atom. The van der Waals surface area contributed by atoms with Crippen molar-refractivity contribution in [2.24, 2.45) is 39.8 Å². The first kappa shape index (κ1) is 55.6. The molecule has 0 saturated carbocycles. The Hall–Kier alpha value is -6.71. The first-order chi connectivity index (χ1) is 32.5. The zero-order chi connectivity index (χ0) is 50.0. The van der Waals surface area contributed by atoms with E-state index in [4.69, 9.17) is 22.9 Å². The van der Waals surface area contributed by atoms with Gasteiger partial charge in [0, 0.05) is 69.4 Å². The predicted molar refractivity (Wildman–Crippen MR) is 252 cm³/mol. The Bertz CT molecular complexity index is 2010. The summed E-state index contributed by atoms with van der Waals surface area (Å²) in [5, 5.41) is 16.2. The van der Waals surface area contributed by atoms with Crippen LogP contribution in [0.5, 0.6) is 0 Å². The molecule has 374 valence electrons. The fraction of sp³-hybridized carbons (Fsp3) is 0.587. The van der Waals surface area contributed by atoms with Crippen LogP contribution in [0.3, 0.4) is 0 Å². The van der Waals surface area contributed by atoms with Crippen LogP contribution in [0.4, 0.5) is 0 Å². The third-order valence-electron chi connectivity index (χ3n) is 11.6. The number of aromatic nitrogens is 2. The zero-order valence-corrected chi connectivity index (χ0v) is 39.2. The number of hydrogen-bond acceptors (Lipinski definition) is 12. The van der Waals surface area contributed by atoms with Crippen LogP contribution in [0, 0.1) is 11.8 Å². The van der Waals surface area contributed by atoms with Gasteiger partial charge < -0.3 is 59.8 Å². The van der Waals surface area contributed by atoms with E-state index in [0.29, 0.717) is 43.5 Å². The minimum atomic E-state index is -1.40. The Morgan fingerprint density at radius 1 is 0.838 bits per heavy atom. The van der Waals surface area contributed by atoms with Crippen LogP contribution >= 0.6 is 0 Å². The first-order valence-electron chi connectivity index (χ1n) is 23.4. The van der Waals surface area contributed by atoms with Crippen molar-refractivity contribution in [1.29, 1.82) is 0 Å². The molecular weight excluding hydrogens is 879 g/mol. The van der Waals surface area contributed by atoms with Crippen LogP contribution in [-0.4, -0.2) is 119 Å². The maximum absolute atomic E-state index is 14.6. The van der Waals surface area contributed by atoms with Gasteiger partial charge in [0.1, 0.15) is 30.0 Å². The van der Waals surface area contributed by atoms with Crippen LogP contribution < -0.4 is 54.8 Å². The number of primary amides is 1. The number of rotatable bonds is 21. The first-order valence-corrected chi connectivity index (χ1v) is 23.4. The molecule has 1 aromatic heterocycles. The van der Waals surface area contributed by atoms with E-state index in [9.17, 15) is 43.2 Å². The van der Waals surface area contributed by atoms with Gasteiger partial charge in [0.15, 0.2) is 11.7 Å². The van der Waals surface area contributed by atoms with Gasteiger partial charge >= 0.3 is 0 Å².